The van der Waals surface area contributed by atoms with Crippen LogP contribution in [0, 0.1) is 0 Å². The van der Waals surface area contributed by atoms with Crippen LogP contribution in [0.1, 0.15) is 0 Å². The molecule has 1 aromatic rings. The zero-order chi connectivity index (χ0) is 10.4. The van der Waals surface area contributed by atoms with Crippen molar-refractivity contribution >= 4 is 43.1 Å². The van der Waals surface area contributed by atoms with Crippen molar-refractivity contribution in [1.82, 2.24) is 15.0 Å². The molecule has 0 aromatic carbocycles. The zero-order valence-corrected chi connectivity index (χ0v) is 8.89. The second-order valence-electron chi connectivity index (χ2n) is 1.40. The smallest absolute Gasteiger partial charge is 0.187 e. The Morgan fingerprint density at radius 1 is 0.923 bits per heavy atom. The van der Waals surface area contributed by atoms with Gasteiger partial charge in [0.1, 0.15) is 0 Å². The zero-order valence-electron chi connectivity index (χ0n) is 5.73. The van der Waals surface area contributed by atoms with Crippen LogP contribution in [0.2, 0.25) is 15.9 Å². The fraction of sp³-hybridized carbons (Fsp3) is 0. The molecule has 6 nitrogen and oxygen atoms in total. The first kappa shape index (κ1) is 12.9. The van der Waals surface area contributed by atoms with Crippen molar-refractivity contribution in [3.8, 4) is 0 Å². The van der Waals surface area contributed by atoms with Crippen LogP contribution in [-0.2, 0) is 4.57 Å². The molecule has 1 aromatic heterocycles. The predicted molar refractivity (Wildman–Crippen MR) is 46.9 cm³/mol. The summed E-state index contributed by atoms with van der Waals surface area (Å²) in [6.07, 6.45) is 0. The minimum atomic E-state index is -2.87. The van der Waals surface area contributed by atoms with Crippen LogP contribution in [0.5, 0.6) is 0 Å². The lowest BCUT2D eigenvalue weighted by Crippen LogP contribution is -1.87. The number of rotatable bonds is 0. The van der Waals surface area contributed by atoms with Gasteiger partial charge in [-0.2, -0.15) is 15.0 Å². The molecule has 0 spiro atoms. The van der Waals surface area contributed by atoms with Crippen molar-refractivity contribution < 1.29 is 14.4 Å². The molecule has 0 amide bonds. The topological polar surface area (TPSA) is 96.2 Å². The monoisotopic (exact) mass is 264 g/mol. The highest BCUT2D eigenvalue weighted by Gasteiger charge is 1.97. The molecule has 0 bridgehead atoms. The fourth-order valence-corrected chi connectivity index (χ4v) is 0.913. The molecule has 1 rings (SSSR count). The molecule has 10 heteroatoms. The summed E-state index contributed by atoms with van der Waals surface area (Å²) in [5.74, 6) is 0. The second-order valence-corrected chi connectivity index (χ2v) is 2.91. The van der Waals surface area contributed by atoms with Gasteiger partial charge in [-0.05, 0) is 34.8 Å². The maximum atomic E-state index is 8.70. The number of aromatic nitrogens is 3. The van der Waals surface area contributed by atoms with E-state index in [0.29, 0.717) is 0 Å². The molecule has 0 saturated carbocycles. The molecule has 72 valence electrons. The van der Waals surface area contributed by atoms with Crippen LogP contribution in [0.4, 0.5) is 0 Å². The highest BCUT2D eigenvalue weighted by Crippen LogP contribution is 2.08. The van der Waals surface area contributed by atoms with E-state index in [2.05, 4.69) is 15.0 Å². The van der Waals surface area contributed by atoms with Gasteiger partial charge in [0, 0.05) is 4.57 Å². The lowest BCUT2D eigenvalue weighted by atomic mass is 11.1. The van der Waals surface area contributed by atoms with E-state index in [1.165, 1.54) is 0 Å². The van der Waals surface area contributed by atoms with Crippen LogP contribution in [0.3, 0.4) is 0 Å². The average molecular weight is 265 g/mol. The number of nitrogens with zero attached hydrogens (tertiary/aromatic N) is 3. The van der Waals surface area contributed by atoms with Crippen LogP contribution < -0.4 is 0 Å². The highest BCUT2D eigenvalue weighted by atomic mass is 35.5. The average Bonchev–Trinajstić information content (AvgIpc) is 1.80. The first-order chi connectivity index (χ1) is 5.91. The minimum Gasteiger partial charge on any atom is -0.187 e. The lowest BCUT2D eigenvalue weighted by Gasteiger charge is -1.88. The summed E-state index contributed by atoms with van der Waals surface area (Å²) in [6, 6.07) is 0. The van der Waals surface area contributed by atoms with Crippen molar-refractivity contribution in [1.29, 1.82) is 0 Å². The molecule has 0 aliphatic heterocycles. The molecule has 0 atom stereocenters. The van der Waals surface area contributed by atoms with Gasteiger partial charge < -0.3 is 0 Å². The van der Waals surface area contributed by atoms with Crippen LogP contribution in [0.15, 0.2) is 0 Å². The Balaban J connectivity index is 0.000000310. The Morgan fingerprint density at radius 3 is 1.23 bits per heavy atom. The molecule has 2 N–H and O–H groups in total. The van der Waals surface area contributed by atoms with E-state index >= 15 is 0 Å². The Hall–Kier alpha value is -0.100. The van der Waals surface area contributed by atoms with E-state index in [9.17, 15) is 0 Å². The largest absolute Gasteiger partial charge is 0.692 e. The maximum Gasteiger partial charge on any atom is 0.692 e. The summed E-state index contributed by atoms with van der Waals surface area (Å²) in [5.41, 5.74) is 0. The molecule has 0 radical (unpaired) electrons. The Morgan fingerprint density at radius 2 is 1.08 bits per heavy atom. The third kappa shape index (κ3) is 8.24. The van der Waals surface area contributed by atoms with Crippen molar-refractivity contribution in [2.75, 3.05) is 0 Å². The van der Waals surface area contributed by atoms with Gasteiger partial charge in [0.2, 0.25) is 15.9 Å². The summed E-state index contributed by atoms with van der Waals surface area (Å²) >= 11 is 16.0. The van der Waals surface area contributed by atoms with Crippen molar-refractivity contribution in [2.24, 2.45) is 0 Å². The first-order valence-corrected chi connectivity index (χ1v) is 4.79. The molecule has 0 saturated heterocycles. The standard InChI is InChI=1S/C3Cl3N3.HO3P/c4-1-7-2(5)9-3(6)8-1;1-4(2)3/h;(H-,1,2,3)/p+1. The summed E-state index contributed by atoms with van der Waals surface area (Å²) in [5, 5.41) is 0.00000000000000178. The summed E-state index contributed by atoms with van der Waals surface area (Å²) in [7, 11) is -2.87. The molecule has 0 aliphatic rings. The third-order valence-corrected chi connectivity index (χ3v) is 1.06. The molecule has 13 heavy (non-hydrogen) atoms. The SMILES string of the molecule is Clc1nc(Cl)nc(Cl)n1.O=[P+](O)O. The molecular weight excluding hydrogens is 263 g/mol. The van der Waals surface area contributed by atoms with Gasteiger partial charge in [-0.25, -0.2) is 0 Å². The van der Waals surface area contributed by atoms with Crippen LogP contribution in [0.25, 0.3) is 0 Å². The first-order valence-electron chi connectivity index (χ1n) is 2.49. The predicted octanol–water partition coefficient (Wildman–Crippen LogP) is 1.46. The van der Waals surface area contributed by atoms with Gasteiger partial charge in [0.25, 0.3) is 0 Å². The maximum absolute atomic E-state index is 8.70. The van der Waals surface area contributed by atoms with Crippen LogP contribution in [-0.4, -0.2) is 24.7 Å². The quantitative estimate of drug-likeness (QED) is 0.689. The Kier molecular flexibility index (Phi) is 6.32. The van der Waals surface area contributed by atoms with Gasteiger partial charge in [-0.15, -0.1) is 9.79 Å². The third-order valence-electron chi connectivity index (χ3n) is 0.554. The van der Waals surface area contributed by atoms with Crippen LogP contribution >= 0.6 is 43.1 Å². The Labute approximate surface area is 88.5 Å². The van der Waals surface area contributed by atoms with Gasteiger partial charge >= 0.3 is 8.25 Å². The molecular formula is C3H2Cl3N3O3P+. The van der Waals surface area contributed by atoms with Crippen molar-refractivity contribution in [3.05, 3.63) is 15.9 Å². The van der Waals surface area contributed by atoms with Gasteiger partial charge in [-0.3, -0.25) is 0 Å². The summed E-state index contributed by atoms with van der Waals surface area (Å²) in [6.45, 7) is 0. The van der Waals surface area contributed by atoms with E-state index in [1.54, 1.807) is 0 Å². The van der Waals surface area contributed by atoms with Crippen molar-refractivity contribution in [2.45, 2.75) is 0 Å². The molecule has 0 fully saturated rings. The minimum absolute atomic E-state index is 0.000000000000000444. The van der Waals surface area contributed by atoms with Crippen molar-refractivity contribution in [3.63, 3.8) is 0 Å². The van der Waals surface area contributed by atoms with E-state index < -0.39 is 8.25 Å². The summed E-state index contributed by atoms with van der Waals surface area (Å²) in [4.78, 5) is 24.6. The normalized spacial score (nSPS) is 8.69. The number of hydrogen-bond acceptors (Lipinski definition) is 4. The highest BCUT2D eigenvalue weighted by molar-refractivity contribution is 7.30. The van der Waals surface area contributed by atoms with E-state index in [0.717, 1.165) is 0 Å². The molecule has 0 unspecified atom stereocenters. The number of hydrogen-bond donors (Lipinski definition) is 2. The van der Waals surface area contributed by atoms with Gasteiger partial charge in [0.05, 0.1) is 0 Å². The fourth-order valence-electron chi connectivity index (χ4n) is 0.303. The van der Waals surface area contributed by atoms with E-state index in [4.69, 9.17) is 49.2 Å². The number of halogens is 3. The Bertz CT molecular complexity index is 257. The van der Waals surface area contributed by atoms with E-state index in [-0.39, 0.29) is 15.9 Å². The van der Waals surface area contributed by atoms with Gasteiger partial charge in [-0.1, -0.05) is 0 Å². The molecule has 0 aliphatic carbocycles. The summed E-state index contributed by atoms with van der Waals surface area (Å²) < 4.78 is 8.70. The second kappa shape index (κ2) is 6.37. The molecule has 1 heterocycles. The lowest BCUT2D eigenvalue weighted by molar-refractivity contribution is 0.405. The van der Waals surface area contributed by atoms with E-state index in [1.807, 2.05) is 0 Å². The van der Waals surface area contributed by atoms with Gasteiger partial charge in [0.15, 0.2) is 0 Å².